The first-order chi connectivity index (χ1) is 8.52. The molecule has 2 rings (SSSR count). The van der Waals surface area contributed by atoms with Crippen LogP contribution < -0.4 is 11.1 Å². The van der Waals surface area contributed by atoms with E-state index in [0.717, 1.165) is 13.0 Å². The van der Waals surface area contributed by atoms with Gasteiger partial charge < -0.3 is 15.6 Å². The van der Waals surface area contributed by atoms with Gasteiger partial charge in [0.2, 0.25) is 0 Å². The molecule has 3 unspecified atom stereocenters. The Hall–Kier alpha value is -1.45. The highest BCUT2D eigenvalue weighted by atomic mass is 16.2. The molecule has 100 valence electrons. The maximum atomic E-state index is 12.3. The highest BCUT2D eigenvalue weighted by Crippen LogP contribution is 2.31. The fourth-order valence-corrected chi connectivity index (χ4v) is 2.80. The van der Waals surface area contributed by atoms with Crippen LogP contribution in [-0.4, -0.2) is 16.5 Å². The van der Waals surface area contributed by atoms with Crippen LogP contribution in [0, 0.1) is 11.8 Å². The van der Waals surface area contributed by atoms with E-state index in [0.29, 0.717) is 29.3 Å². The average molecular weight is 249 g/mol. The molecule has 1 aliphatic carbocycles. The minimum Gasteiger partial charge on any atom is -0.397 e. The monoisotopic (exact) mass is 249 g/mol. The van der Waals surface area contributed by atoms with E-state index in [1.807, 2.05) is 17.7 Å². The molecule has 18 heavy (non-hydrogen) atoms. The van der Waals surface area contributed by atoms with E-state index < -0.39 is 0 Å². The molecule has 1 heterocycles. The number of nitrogens with zero attached hydrogens (tertiary/aromatic N) is 1. The zero-order valence-corrected chi connectivity index (χ0v) is 11.4. The summed E-state index contributed by atoms with van der Waals surface area (Å²) in [5.74, 6) is 1.24. The maximum absolute atomic E-state index is 12.3. The third-order valence-electron chi connectivity index (χ3n) is 4.27. The summed E-state index contributed by atoms with van der Waals surface area (Å²) in [5, 5.41) is 3.15. The predicted octanol–water partition coefficient (Wildman–Crippen LogP) is 2.25. The van der Waals surface area contributed by atoms with Crippen molar-refractivity contribution in [2.75, 3.05) is 5.73 Å². The topological polar surface area (TPSA) is 60.0 Å². The van der Waals surface area contributed by atoms with Crippen LogP contribution in [0.4, 0.5) is 5.69 Å². The molecule has 1 amide bonds. The largest absolute Gasteiger partial charge is 0.397 e. The van der Waals surface area contributed by atoms with Gasteiger partial charge in [-0.2, -0.15) is 0 Å². The number of hydrogen-bond acceptors (Lipinski definition) is 2. The van der Waals surface area contributed by atoms with Crippen molar-refractivity contribution >= 4 is 11.6 Å². The molecule has 0 aromatic carbocycles. The fraction of sp³-hybridized carbons (Fsp3) is 0.643. The molecule has 4 heteroatoms. The molecular formula is C14H23N3O. The first kappa shape index (κ1) is 13.0. The van der Waals surface area contributed by atoms with Gasteiger partial charge in [-0.3, -0.25) is 4.79 Å². The SMILES string of the molecule is CCn1cc(N)cc1C(=O)NC1CCC(C)C1C. The van der Waals surface area contributed by atoms with E-state index in [9.17, 15) is 4.79 Å². The predicted molar refractivity (Wildman–Crippen MR) is 73.3 cm³/mol. The van der Waals surface area contributed by atoms with Crippen molar-refractivity contribution in [2.24, 2.45) is 11.8 Å². The van der Waals surface area contributed by atoms with Crippen LogP contribution >= 0.6 is 0 Å². The van der Waals surface area contributed by atoms with E-state index in [4.69, 9.17) is 5.73 Å². The Labute approximate surface area is 109 Å². The van der Waals surface area contributed by atoms with Gasteiger partial charge in [-0.05, 0) is 37.7 Å². The van der Waals surface area contributed by atoms with Gasteiger partial charge in [0, 0.05) is 18.8 Å². The molecule has 0 spiro atoms. The van der Waals surface area contributed by atoms with Gasteiger partial charge in [0.05, 0.1) is 5.69 Å². The molecule has 0 aliphatic heterocycles. The Morgan fingerprint density at radius 1 is 1.50 bits per heavy atom. The lowest BCUT2D eigenvalue weighted by Gasteiger charge is -2.20. The molecule has 1 aliphatic rings. The number of nitrogen functional groups attached to an aromatic ring is 1. The molecule has 0 bridgehead atoms. The van der Waals surface area contributed by atoms with Gasteiger partial charge in [0.15, 0.2) is 0 Å². The van der Waals surface area contributed by atoms with Crippen LogP contribution in [0.3, 0.4) is 0 Å². The Morgan fingerprint density at radius 3 is 2.78 bits per heavy atom. The Morgan fingerprint density at radius 2 is 2.22 bits per heavy atom. The minimum atomic E-state index is -0.000463. The lowest BCUT2D eigenvalue weighted by molar-refractivity contribution is 0.0918. The molecule has 0 radical (unpaired) electrons. The number of nitrogens with one attached hydrogen (secondary N) is 1. The van der Waals surface area contributed by atoms with E-state index in [2.05, 4.69) is 19.2 Å². The van der Waals surface area contributed by atoms with E-state index >= 15 is 0 Å². The second kappa shape index (κ2) is 5.04. The van der Waals surface area contributed by atoms with Crippen molar-refractivity contribution in [3.05, 3.63) is 18.0 Å². The molecule has 3 N–H and O–H groups in total. The number of anilines is 1. The normalized spacial score (nSPS) is 27.4. The molecule has 1 aromatic heterocycles. The maximum Gasteiger partial charge on any atom is 0.268 e. The van der Waals surface area contributed by atoms with Crippen LogP contribution in [0.1, 0.15) is 44.1 Å². The van der Waals surface area contributed by atoms with Gasteiger partial charge in [-0.25, -0.2) is 0 Å². The first-order valence-corrected chi connectivity index (χ1v) is 6.79. The summed E-state index contributed by atoms with van der Waals surface area (Å²) in [5.41, 5.74) is 7.07. The summed E-state index contributed by atoms with van der Waals surface area (Å²) >= 11 is 0. The van der Waals surface area contributed by atoms with Crippen molar-refractivity contribution in [1.29, 1.82) is 0 Å². The van der Waals surface area contributed by atoms with Crippen LogP contribution in [0.25, 0.3) is 0 Å². The van der Waals surface area contributed by atoms with Crippen molar-refractivity contribution in [2.45, 2.75) is 46.2 Å². The molecule has 1 aromatic rings. The van der Waals surface area contributed by atoms with Crippen LogP contribution in [-0.2, 0) is 6.54 Å². The summed E-state index contributed by atoms with van der Waals surface area (Å²) in [4.78, 5) is 12.3. The van der Waals surface area contributed by atoms with Crippen molar-refractivity contribution in [1.82, 2.24) is 9.88 Å². The number of nitrogens with two attached hydrogens (primary N) is 1. The summed E-state index contributed by atoms with van der Waals surface area (Å²) in [7, 11) is 0. The third-order valence-corrected chi connectivity index (χ3v) is 4.27. The second-order valence-electron chi connectivity index (χ2n) is 5.44. The van der Waals surface area contributed by atoms with Crippen LogP contribution in [0.15, 0.2) is 12.3 Å². The number of rotatable bonds is 3. The van der Waals surface area contributed by atoms with Crippen molar-refractivity contribution < 1.29 is 4.79 Å². The van der Waals surface area contributed by atoms with Gasteiger partial charge in [0.25, 0.3) is 5.91 Å². The summed E-state index contributed by atoms with van der Waals surface area (Å²) in [6.07, 6.45) is 4.09. The van der Waals surface area contributed by atoms with Crippen molar-refractivity contribution in [3.8, 4) is 0 Å². The van der Waals surface area contributed by atoms with Gasteiger partial charge in [0.1, 0.15) is 5.69 Å². The molecule has 3 atom stereocenters. The van der Waals surface area contributed by atoms with E-state index in [1.165, 1.54) is 6.42 Å². The first-order valence-electron chi connectivity index (χ1n) is 6.79. The van der Waals surface area contributed by atoms with Gasteiger partial charge in [-0.1, -0.05) is 13.8 Å². The molecule has 1 fully saturated rings. The molecule has 4 nitrogen and oxygen atoms in total. The number of aromatic nitrogens is 1. The number of hydrogen-bond donors (Lipinski definition) is 2. The summed E-state index contributed by atoms with van der Waals surface area (Å²) < 4.78 is 1.90. The summed E-state index contributed by atoms with van der Waals surface area (Å²) in [6, 6.07) is 2.05. The highest BCUT2D eigenvalue weighted by molar-refractivity contribution is 5.94. The lowest BCUT2D eigenvalue weighted by atomic mass is 9.98. The number of carbonyl (C=O) groups is 1. The average Bonchev–Trinajstić information content (AvgIpc) is 2.86. The zero-order chi connectivity index (χ0) is 13.3. The Kier molecular flexibility index (Phi) is 3.64. The number of aryl methyl sites for hydroxylation is 1. The second-order valence-corrected chi connectivity index (χ2v) is 5.44. The van der Waals surface area contributed by atoms with Gasteiger partial charge >= 0.3 is 0 Å². The smallest absolute Gasteiger partial charge is 0.268 e. The number of amides is 1. The fourth-order valence-electron chi connectivity index (χ4n) is 2.80. The number of carbonyl (C=O) groups excluding carboxylic acids is 1. The standard InChI is InChI=1S/C14H23N3O/c1-4-17-8-11(15)7-13(17)14(18)16-12-6-5-9(2)10(12)3/h7-10,12H,4-6,15H2,1-3H3,(H,16,18). The zero-order valence-electron chi connectivity index (χ0n) is 11.4. The molecule has 0 saturated heterocycles. The van der Waals surface area contributed by atoms with Gasteiger partial charge in [-0.15, -0.1) is 0 Å². The van der Waals surface area contributed by atoms with E-state index in [1.54, 1.807) is 6.07 Å². The third kappa shape index (κ3) is 2.37. The Balaban J connectivity index is 2.08. The minimum absolute atomic E-state index is 0.000463. The summed E-state index contributed by atoms with van der Waals surface area (Å²) in [6.45, 7) is 7.24. The van der Waals surface area contributed by atoms with E-state index in [-0.39, 0.29) is 5.91 Å². The molecular weight excluding hydrogens is 226 g/mol. The molecule has 1 saturated carbocycles. The quantitative estimate of drug-likeness (QED) is 0.863. The Bertz CT molecular complexity index is 438. The highest BCUT2D eigenvalue weighted by Gasteiger charge is 2.31. The van der Waals surface area contributed by atoms with Crippen molar-refractivity contribution in [3.63, 3.8) is 0 Å². The van der Waals surface area contributed by atoms with Crippen LogP contribution in [0.2, 0.25) is 0 Å². The van der Waals surface area contributed by atoms with Crippen LogP contribution in [0.5, 0.6) is 0 Å². The lowest BCUT2D eigenvalue weighted by Crippen LogP contribution is -2.38.